The van der Waals surface area contributed by atoms with E-state index < -0.39 is 0 Å². The van der Waals surface area contributed by atoms with E-state index in [4.69, 9.17) is 0 Å². The SMILES string of the molecule is C1CCCCC1.C1CCCCC1.O. The topological polar surface area (TPSA) is 31.5 Å². The summed E-state index contributed by atoms with van der Waals surface area (Å²) in [6.45, 7) is 0. The van der Waals surface area contributed by atoms with Crippen molar-refractivity contribution in [1.29, 1.82) is 0 Å². The molecule has 0 bridgehead atoms. The van der Waals surface area contributed by atoms with Gasteiger partial charge in [0.1, 0.15) is 0 Å². The zero-order chi connectivity index (χ0) is 8.49. The lowest BCUT2D eigenvalue weighted by atomic mass is 10.0. The Balaban J connectivity index is 0.000000206. The summed E-state index contributed by atoms with van der Waals surface area (Å²) in [7, 11) is 0. The molecular weight excluding hydrogens is 160 g/mol. The summed E-state index contributed by atoms with van der Waals surface area (Å²) in [5, 5.41) is 0. The molecule has 13 heavy (non-hydrogen) atoms. The first-order chi connectivity index (χ1) is 6.00. The maximum atomic E-state index is 1.50. The van der Waals surface area contributed by atoms with Crippen LogP contribution in [-0.4, -0.2) is 5.48 Å². The summed E-state index contributed by atoms with van der Waals surface area (Å²) in [5.41, 5.74) is 0. The van der Waals surface area contributed by atoms with E-state index in [2.05, 4.69) is 0 Å². The maximum Gasteiger partial charge on any atom is -0.0533 e. The highest BCUT2D eigenvalue weighted by molar-refractivity contribution is 4.51. The Morgan fingerprint density at radius 3 is 0.385 bits per heavy atom. The molecule has 2 aliphatic carbocycles. The van der Waals surface area contributed by atoms with Gasteiger partial charge in [-0.2, -0.15) is 0 Å². The van der Waals surface area contributed by atoms with Crippen LogP contribution in [-0.2, 0) is 0 Å². The first kappa shape index (κ1) is 13.0. The summed E-state index contributed by atoms with van der Waals surface area (Å²) in [6.07, 6.45) is 18.0. The lowest BCUT2D eigenvalue weighted by molar-refractivity contribution is 0.504. The van der Waals surface area contributed by atoms with Crippen molar-refractivity contribution in [2.24, 2.45) is 0 Å². The highest BCUT2D eigenvalue weighted by Crippen LogP contribution is 2.15. The fraction of sp³-hybridized carbons (Fsp3) is 1.00. The van der Waals surface area contributed by atoms with Crippen LogP contribution in [0.3, 0.4) is 0 Å². The number of rotatable bonds is 0. The van der Waals surface area contributed by atoms with Crippen LogP contribution < -0.4 is 0 Å². The van der Waals surface area contributed by atoms with Crippen LogP contribution in [0.5, 0.6) is 0 Å². The average Bonchev–Trinajstić information content (AvgIpc) is 2.24. The normalized spacial score (nSPS) is 22.2. The molecule has 2 aliphatic rings. The highest BCUT2D eigenvalue weighted by Gasteiger charge is 1.96. The van der Waals surface area contributed by atoms with Crippen molar-refractivity contribution in [3.8, 4) is 0 Å². The zero-order valence-corrected chi connectivity index (χ0v) is 8.99. The van der Waals surface area contributed by atoms with Gasteiger partial charge < -0.3 is 5.48 Å². The van der Waals surface area contributed by atoms with Gasteiger partial charge in [0.15, 0.2) is 0 Å². The summed E-state index contributed by atoms with van der Waals surface area (Å²) < 4.78 is 0. The molecule has 2 N–H and O–H groups in total. The third-order valence-electron chi connectivity index (χ3n) is 3.00. The Labute approximate surface area is 83.2 Å². The fourth-order valence-electron chi connectivity index (χ4n) is 2.12. The van der Waals surface area contributed by atoms with Crippen LogP contribution in [0.1, 0.15) is 77.0 Å². The largest absolute Gasteiger partial charge is 0.412 e. The standard InChI is InChI=1S/2C6H12.H2O/c2*1-2-4-6-5-3-1;/h2*1-6H2;1H2. The van der Waals surface area contributed by atoms with E-state index in [0.29, 0.717) is 0 Å². The van der Waals surface area contributed by atoms with Gasteiger partial charge in [0.2, 0.25) is 0 Å². The molecule has 0 radical (unpaired) electrons. The van der Waals surface area contributed by atoms with Gasteiger partial charge in [0.05, 0.1) is 0 Å². The lowest BCUT2D eigenvalue weighted by Crippen LogP contribution is -1.85. The van der Waals surface area contributed by atoms with Crippen LogP contribution >= 0.6 is 0 Å². The fourth-order valence-corrected chi connectivity index (χ4v) is 2.12. The van der Waals surface area contributed by atoms with Gasteiger partial charge in [-0.15, -0.1) is 0 Å². The Morgan fingerprint density at radius 1 is 0.231 bits per heavy atom. The van der Waals surface area contributed by atoms with Crippen LogP contribution in [0.15, 0.2) is 0 Å². The molecule has 0 aromatic carbocycles. The predicted octanol–water partition coefficient (Wildman–Crippen LogP) is 3.86. The molecule has 0 aromatic rings. The molecule has 80 valence electrons. The van der Waals surface area contributed by atoms with E-state index in [0.717, 1.165) is 0 Å². The highest BCUT2D eigenvalue weighted by atomic mass is 16.0. The van der Waals surface area contributed by atoms with Gasteiger partial charge in [-0.25, -0.2) is 0 Å². The van der Waals surface area contributed by atoms with Crippen LogP contribution in [0, 0.1) is 0 Å². The molecular formula is C12H26O. The summed E-state index contributed by atoms with van der Waals surface area (Å²) in [6, 6.07) is 0. The molecule has 2 saturated carbocycles. The minimum Gasteiger partial charge on any atom is -0.412 e. The van der Waals surface area contributed by atoms with Crippen molar-refractivity contribution in [3.63, 3.8) is 0 Å². The number of hydrogen-bond donors (Lipinski definition) is 0. The van der Waals surface area contributed by atoms with E-state index in [1.807, 2.05) is 0 Å². The van der Waals surface area contributed by atoms with Gasteiger partial charge in [-0.1, -0.05) is 77.0 Å². The Bertz CT molecular complexity index is 48.1. The molecule has 0 atom stereocenters. The second kappa shape index (κ2) is 10.0. The quantitative estimate of drug-likeness (QED) is 0.550. The molecule has 0 unspecified atom stereocenters. The Hall–Kier alpha value is -0.0400. The second-order valence-electron chi connectivity index (χ2n) is 4.24. The van der Waals surface area contributed by atoms with Crippen molar-refractivity contribution in [3.05, 3.63) is 0 Å². The lowest BCUT2D eigenvalue weighted by Gasteiger charge is -2.05. The van der Waals surface area contributed by atoms with Gasteiger partial charge in [-0.3, -0.25) is 0 Å². The molecule has 0 heterocycles. The van der Waals surface area contributed by atoms with Crippen molar-refractivity contribution >= 4 is 0 Å². The third-order valence-corrected chi connectivity index (χ3v) is 3.00. The summed E-state index contributed by atoms with van der Waals surface area (Å²) >= 11 is 0. The Kier molecular flexibility index (Phi) is 10.0. The van der Waals surface area contributed by atoms with E-state index >= 15 is 0 Å². The van der Waals surface area contributed by atoms with Crippen LogP contribution in [0.25, 0.3) is 0 Å². The monoisotopic (exact) mass is 186 g/mol. The third kappa shape index (κ3) is 8.29. The molecule has 0 amide bonds. The van der Waals surface area contributed by atoms with Gasteiger partial charge in [0.25, 0.3) is 0 Å². The van der Waals surface area contributed by atoms with Gasteiger partial charge in [0, 0.05) is 0 Å². The summed E-state index contributed by atoms with van der Waals surface area (Å²) in [4.78, 5) is 0. The first-order valence-electron chi connectivity index (χ1n) is 6.00. The van der Waals surface area contributed by atoms with E-state index in [-0.39, 0.29) is 5.48 Å². The van der Waals surface area contributed by atoms with Crippen molar-refractivity contribution in [2.45, 2.75) is 77.0 Å². The summed E-state index contributed by atoms with van der Waals surface area (Å²) in [5.74, 6) is 0. The molecule has 1 heteroatoms. The minimum atomic E-state index is 0. The van der Waals surface area contributed by atoms with Crippen molar-refractivity contribution in [2.75, 3.05) is 0 Å². The second-order valence-corrected chi connectivity index (χ2v) is 4.24. The Morgan fingerprint density at radius 2 is 0.308 bits per heavy atom. The van der Waals surface area contributed by atoms with E-state index in [1.165, 1.54) is 77.0 Å². The van der Waals surface area contributed by atoms with Gasteiger partial charge >= 0.3 is 0 Å². The van der Waals surface area contributed by atoms with E-state index in [9.17, 15) is 0 Å². The van der Waals surface area contributed by atoms with Crippen LogP contribution in [0.2, 0.25) is 0 Å². The maximum absolute atomic E-state index is 1.50. The smallest absolute Gasteiger partial charge is 0.0533 e. The minimum absolute atomic E-state index is 0. The zero-order valence-electron chi connectivity index (χ0n) is 8.99. The first-order valence-corrected chi connectivity index (χ1v) is 6.00. The van der Waals surface area contributed by atoms with Crippen molar-refractivity contribution in [1.82, 2.24) is 0 Å². The molecule has 0 spiro atoms. The average molecular weight is 186 g/mol. The van der Waals surface area contributed by atoms with Gasteiger partial charge in [-0.05, 0) is 0 Å². The van der Waals surface area contributed by atoms with E-state index in [1.54, 1.807) is 0 Å². The molecule has 0 saturated heterocycles. The van der Waals surface area contributed by atoms with Crippen LogP contribution in [0.4, 0.5) is 0 Å². The number of hydrogen-bond acceptors (Lipinski definition) is 0. The molecule has 2 fully saturated rings. The predicted molar refractivity (Wildman–Crippen MR) is 59.0 cm³/mol. The molecule has 2 rings (SSSR count). The molecule has 0 aromatic heterocycles. The molecule has 1 nitrogen and oxygen atoms in total. The van der Waals surface area contributed by atoms with Crippen molar-refractivity contribution < 1.29 is 5.48 Å². The molecule has 0 aliphatic heterocycles.